The summed E-state index contributed by atoms with van der Waals surface area (Å²) in [7, 11) is 0. The number of hydrogen-bond acceptors (Lipinski definition) is 6. The quantitative estimate of drug-likeness (QED) is 0.318. The number of carbonyl (C=O) groups excluding carboxylic acids is 1. The average molecular weight is 423 g/mol. The number of benzene rings is 2. The second kappa shape index (κ2) is 7.91. The highest BCUT2D eigenvalue weighted by atomic mass is 32.2. The smallest absolute Gasteiger partial charge is 0.344 e. The summed E-state index contributed by atoms with van der Waals surface area (Å²) in [6.07, 6.45) is 0. The van der Waals surface area contributed by atoms with Crippen LogP contribution in [0.25, 0.3) is 22.5 Å². The van der Waals surface area contributed by atoms with Gasteiger partial charge in [0.05, 0.1) is 5.56 Å². The minimum atomic E-state index is -0.403. The normalized spacial score (nSPS) is 10.9. The van der Waals surface area contributed by atoms with Crippen molar-refractivity contribution in [2.75, 3.05) is 0 Å². The maximum Gasteiger partial charge on any atom is 0.344 e. The Labute approximate surface area is 177 Å². The van der Waals surface area contributed by atoms with Gasteiger partial charge in [0.1, 0.15) is 5.76 Å². The van der Waals surface area contributed by atoms with Crippen LogP contribution in [0, 0.1) is 0 Å². The first-order valence-corrected chi connectivity index (χ1v) is 10.1. The summed E-state index contributed by atoms with van der Waals surface area (Å²) in [5.74, 6) is 0.421. The van der Waals surface area contributed by atoms with Crippen molar-refractivity contribution < 1.29 is 9.21 Å². The van der Waals surface area contributed by atoms with Crippen LogP contribution >= 0.6 is 37.0 Å². The predicted octanol–water partition coefficient (Wildman–Crippen LogP) is 5.92. The monoisotopic (exact) mass is 422 g/mol. The second-order valence-corrected chi connectivity index (χ2v) is 8.08. The fourth-order valence-corrected chi connectivity index (χ4v) is 4.08. The van der Waals surface area contributed by atoms with Crippen LogP contribution in [0.5, 0.6) is 0 Å². The highest BCUT2D eigenvalue weighted by molar-refractivity contribution is 8.14. The molecule has 1 aliphatic heterocycles. The van der Waals surface area contributed by atoms with E-state index in [1.165, 1.54) is 0 Å². The lowest BCUT2D eigenvalue weighted by Crippen LogP contribution is -1.95. The molecular formula is C22H14O3S3. The van der Waals surface area contributed by atoms with Gasteiger partial charge in [-0.15, -0.1) is 25.3 Å². The van der Waals surface area contributed by atoms with Crippen molar-refractivity contribution in [3.05, 3.63) is 88.8 Å². The molecule has 6 heteroatoms. The van der Waals surface area contributed by atoms with Crippen LogP contribution in [0.3, 0.4) is 0 Å². The fourth-order valence-electron chi connectivity index (χ4n) is 2.87. The molecule has 0 spiro atoms. The molecule has 2 aromatic rings. The topological polar surface area (TPSA) is 47.3 Å². The van der Waals surface area contributed by atoms with Crippen LogP contribution in [0.2, 0.25) is 0 Å². The lowest BCUT2D eigenvalue weighted by atomic mass is 10.0. The van der Waals surface area contributed by atoms with Gasteiger partial charge in [0.25, 0.3) is 0 Å². The second-order valence-electron chi connectivity index (χ2n) is 6.07. The van der Waals surface area contributed by atoms with Gasteiger partial charge in [-0.3, -0.25) is 4.79 Å². The number of hydrogen-bond donors (Lipinski definition) is 2. The molecule has 0 atom stereocenters. The number of fused-ring (bicyclic) bond motifs is 1. The number of carbonyl (C=O) groups is 1. The predicted molar refractivity (Wildman–Crippen MR) is 118 cm³/mol. The van der Waals surface area contributed by atoms with Crippen molar-refractivity contribution in [2.45, 2.75) is 14.7 Å². The van der Waals surface area contributed by atoms with E-state index < -0.39 is 5.63 Å². The molecule has 1 aliphatic carbocycles. The van der Waals surface area contributed by atoms with E-state index in [9.17, 15) is 9.59 Å². The molecule has 0 saturated carbocycles. The SMILES string of the molecule is O=C(Sc1cc2oc(=O)c(-c3ccccc3)c-2ccc1S)c1ccc(S)cc1. The Hall–Kier alpha value is -2.41. The van der Waals surface area contributed by atoms with Gasteiger partial charge in [-0.05, 0) is 59.8 Å². The molecule has 0 fully saturated rings. The zero-order valence-electron chi connectivity index (χ0n) is 14.5. The number of thiol groups is 2. The van der Waals surface area contributed by atoms with Crippen LogP contribution in [0.15, 0.2) is 96.7 Å². The van der Waals surface area contributed by atoms with E-state index in [2.05, 4.69) is 25.3 Å². The summed E-state index contributed by atoms with van der Waals surface area (Å²) in [4.78, 5) is 27.1. The molecule has 0 N–H and O–H groups in total. The first kappa shape index (κ1) is 18.9. The van der Waals surface area contributed by atoms with E-state index in [1.54, 1.807) is 42.5 Å². The molecule has 3 nitrogen and oxygen atoms in total. The average Bonchev–Trinajstić information content (AvgIpc) is 2.93. The van der Waals surface area contributed by atoms with E-state index in [1.807, 2.05) is 30.3 Å². The van der Waals surface area contributed by atoms with Gasteiger partial charge in [-0.2, -0.15) is 0 Å². The molecule has 138 valence electrons. The van der Waals surface area contributed by atoms with E-state index in [0.29, 0.717) is 32.2 Å². The van der Waals surface area contributed by atoms with Gasteiger partial charge in [0.2, 0.25) is 5.12 Å². The Kier molecular flexibility index (Phi) is 5.35. The first-order chi connectivity index (χ1) is 13.5. The molecule has 2 aliphatic rings. The summed E-state index contributed by atoms with van der Waals surface area (Å²) in [5.41, 5.74) is 2.14. The van der Waals surface area contributed by atoms with Crippen molar-refractivity contribution in [3.8, 4) is 22.5 Å². The minimum Gasteiger partial charge on any atom is -0.422 e. The third kappa shape index (κ3) is 3.76. The summed E-state index contributed by atoms with van der Waals surface area (Å²) in [6, 6.07) is 21.6. The van der Waals surface area contributed by atoms with Crippen LogP contribution in [0.1, 0.15) is 10.4 Å². The van der Waals surface area contributed by atoms with Crippen molar-refractivity contribution in [2.24, 2.45) is 0 Å². The maximum absolute atomic E-state index is 12.6. The standard InChI is InChI=1S/C22H14O3S3/c23-21-20(13-4-2-1-3-5-13)16-10-11-18(27)19(12-17(16)25-21)28-22(24)14-6-8-15(26)9-7-14/h1-12,26-27H. The van der Waals surface area contributed by atoms with E-state index in [4.69, 9.17) is 4.42 Å². The lowest BCUT2D eigenvalue weighted by molar-refractivity contribution is 0.108. The van der Waals surface area contributed by atoms with Gasteiger partial charge in [-0.1, -0.05) is 30.3 Å². The molecule has 28 heavy (non-hydrogen) atoms. The van der Waals surface area contributed by atoms with Gasteiger partial charge in [0, 0.05) is 25.8 Å². The zero-order valence-corrected chi connectivity index (χ0v) is 17.1. The molecule has 0 radical (unpaired) electrons. The van der Waals surface area contributed by atoms with E-state index >= 15 is 0 Å². The summed E-state index contributed by atoms with van der Waals surface area (Å²) >= 11 is 9.79. The molecule has 0 unspecified atom stereocenters. The van der Waals surface area contributed by atoms with E-state index in [-0.39, 0.29) is 5.12 Å². The maximum atomic E-state index is 12.6. The Morgan fingerprint density at radius 1 is 0.893 bits per heavy atom. The summed E-state index contributed by atoms with van der Waals surface area (Å²) in [6.45, 7) is 0. The fraction of sp³-hybridized carbons (Fsp3) is 0. The molecule has 0 amide bonds. The number of furan rings is 1. The molecule has 0 saturated heterocycles. The Morgan fingerprint density at radius 3 is 2.32 bits per heavy atom. The lowest BCUT2D eigenvalue weighted by Gasteiger charge is -2.02. The van der Waals surface area contributed by atoms with Crippen molar-refractivity contribution in [3.63, 3.8) is 0 Å². The number of rotatable bonds is 3. The van der Waals surface area contributed by atoms with Crippen LogP contribution < -0.4 is 5.63 Å². The van der Waals surface area contributed by atoms with E-state index in [0.717, 1.165) is 22.2 Å². The van der Waals surface area contributed by atoms with Crippen LogP contribution in [-0.2, 0) is 0 Å². The van der Waals surface area contributed by atoms with Crippen LogP contribution in [-0.4, -0.2) is 5.12 Å². The van der Waals surface area contributed by atoms with Crippen LogP contribution in [0.4, 0.5) is 0 Å². The molecule has 0 bridgehead atoms. The Bertz CT molecular complexity index is 1180. The zero-order chi connectivity index (χ0) is 19.7. The largest absolute Gasteiger partial charge is 0.422 e. The summed E-state index contributed by atoms with van der Waals surface area (Å²) < 4.78 is 5.49. The third-order valence-electron chi connectivity index (χ3n) is 4.23. The van der Waals surface area contributed by atoms with Crippen molar-refractivity contribution in [1.29, 1.82) is 0 Å². The van der Waals surface area contributed by atoms with Crippen molar-refractivity contribution in [1.82, 2.24) is 0 Å². The first-order valence-electron chi connectivity index (χ1n) is 8.39. The minimum absolute atomic E-state index is 0.125. The molecule has 1 heterocycles. The van der Waals surface area contributed by atoms with Gasteiger partial charge in [-0.25, -0.2) is 4.79 Å². The highest BCUT2D eigenvalue weighted by Gasteiger charge is 2.20. The van der Waals surface area contributed by atoms with Crippen molar-refractivity contribution >= 4 is 42.1 Å². The summed E-state index contributed by atoms with van der Waals surface area (Å²) in [5, 5.41) is -0.125. The Morgan fingerprint density at radius 2 is 1.61 bits per heavy atom. The molecular weight excluding hydrogens is 408 g/mol. The molecule has 0 aromatic heterocycles. The third-order valence-corrected chi connectivity index (χ3v) is 6.05. The highest BCUT2D eigenvalue weighted by Crippen LogP contribution is 2.37. The molecule has 2 aromatic carbocycles. The molecule has 4 rings (SSSR count). The van der Waals surface area contributed by atoms with Gasteiger partial charge < -0.3 is 4.42 Å². The number of thioether (sulfide) groups is 1. The van der Waals surface area contributed by atoms with Gasteiger partial charge >= 0.3 is 5.63 Å². The van der Waals surface area contributed by atoms with Gasteiger partial charge in [0.15, 0.2) is 0 Å². The Balaban J connectivity index is 1.74.